The summed E-state index contributed by atoms with van der Waals surface area (Å²) in [6, 6.07) is 6.83. The van der Waals surface area contributed by atoms with Gasteiger partial charge in [0.25, 0.3) is 0 Å². The van der Waals surface area contributed by atoms with Crippen molar-refractivity contribution in [3.63, 3.8) is 0 Å². The Labute approximate surface area is 117 Å². The zero-order chi connectivity index (χ0) is 14.5. The van der Waals surface area contributed by atoms with Crippen molar-refractivity contribution in [1.82, 2.24) is 10.3 Å². The molecule has 1 N–H and O–H groups in total. The van der Waals surface area contributed by atoms with Crippen LogP contribution in [-0.4, -0.2) is 26.3 Å². The van der Waals surface area contributed by atoms with Crippen LogP contribution in [0.2, 0.25) is 0 Å². The summed E-state index contributed by atoms with van der Waals surface area (Å²) >= 11 is 0. The van der Waals surface area contributed by atoms with Crippen molar-refractivity contribution in [2.24, 2.45) is 0 Å². The van der Waals surface area contributed by atoms with E-state index in [1.54, 1.807) is 39.6 Å². The predicted octanol–water partition coefficient (Wildman–Crippen LogP) is 2.55. The fourth-order valence-corrected chi connectivity index (χ4v) is 2.12. The van der Waals surface area contributed by atoms with Crippen molar-refractivity contribution in [2.75, 3.05) is 21.3 Å². The molecule has 1 heterocycles. The first-order valence-corrected chi connectivity index (χ1v) is 6.19. The Hall–Kier alpha value is -2.14. The summed E-state index contributed by atoms with van der Waals surface area (Å²) in [6.07, 6.45) is 2.78. The number of ether oxygens (including phenoxy) is 2. The molecule has 5 heteroatoms. The average Bonchev–Trinajstić information content (AvgIpc) is 2.49. The molecule has 0 fully saturated rings. The highest BCUT2D eigenvalue weighted by molar-refractivity contribution is 5.43. The SMILES string of the molecule is CNC(c1cc(OC)cc(OC)c1)c1ccncc1F. The van der Waals surface area contributed by atoms with E-state index in [2.05, 4.69) is 10.3 Å². The maximum Gasteiger partial charge on any atom is 0.146 e. The third kappa shape index (κ3) is 2.88. The highest BCUT2D eigenvalue weighted by Crippen LogP contribution is 2.30. The van der Waals surface area contributed by atoms with Crippen LogP contribution in [0.5, 0.6) is 11.5 Å². The first-order chi connectivity index (χ1) is 9.69. The lowest BCUT2D eigenvalue weighted by molar-refractivity contribution is 0.392. The Balaban J connectivity index is 2.49. The number of pyridine rings is 1. The maximum absolute atomic E-state index is 13.9. The van der Waals surface area contributed by atoms with Crippen molar-refractivity contribution in [3.05, 3.63) is 53.6 Å². The van der Waals surface area contributed by atoms with Gasteiger partial charge < -0.3 is 14.8 Å². The van der Waals surface area contributed by atoms with Crippen LogP contribution >= 0.6 is 0 Å². The molecule has 2 rings (SSSR count). The van der Waals surface area contributed by atoms with Gasteiger partial charge in [-0.05, 0) is 30.8 Å². The van der Waals surface area contributed by atoms with Crippen LogP contribution in [-0.2, 0) is 0 Å². The van der Waals surface area contributed by atoms with Crippen LogP contribution in [0.1, 0.15) is 17.2 Å². The molecular weight excluding hydrogens is 259 g/mol. The van der Waals surface area contributed by atoms with Gasteiger partial charge >= 0.3 is 0 Å². The van der Waals surface area contributed by atoms with E-state index in [-0.39, 0.29) is 11.9 Å². The van der Waals surface area contributed by atoms with Crippen molar-refractivity contribution in [1.29, 1.82) is 0 Å². The molecule has 4 nitrogen and oxygen atoms in total. The number of rotatable bonds is 5. The smallest absolute Gasteiger partial charge is 0.146 e. The topological polar surface area (TPSA) is 43.4 Å². The van der Waals surface area contributed by atoms with Gasteiger partial charge in [0.1, 0.15) is 17.3 Å². The Bertz CT molecular complexity index is 568. The molecule has 0 aliphatic rings. The third-order valence-corrected chi connectivity index (χ3v) is 3.11. The Morgan fingerprint density at radius 1 is 1.15 bits per heavy atom. The first kappa shape index (κ1) is 14.3. The Kier molecular flexibility index (Phi) is 4.53. The van der Waals surface area contributed by atoms with E-state index in [0.717, 1.165) is 5.56 Å². The summed E-state index contributed by atoms with van der Waals surface area (Å²) in [6.45, 7) is 0. The fourth-order valence-electron chi connectivity index (χ4n) is 2.12. The molecule has 106 valence electrons. The Morgan fingerprint density at radius 3 is 2.30 bits per heavy atom. The van der Waals surface area contributed by atoms with Gasteiger partial charge in [-0.2, -0.15) is 0 Å². The van der Waals surface area contributed by atoms with Crippen LogP contribution in [0.15, 0.2) is 36.7 Å². The second kappa shape index (κ2) is 6.34. The van der Waals surface area contributed by atoms with Gasteiger partial charge in [0.05, 0.1) is 26.5 Å². The fraction of sp³-hybridized carbons (Fsp3) is 0.267. The van der Waals surface area contributed by atoms with Crippen LogP contribution in [0.3, 0.4) is 0 Å². The van der Waals surface area contributed by atoms with Crippen LogP contribution in [0, 0.1) is 5.82 Å². The number of nitrogens with one attached hydrogen (secondary N) is 1. The van der Waals surface area contributed by atoms with Gasteiger partial charge in [-0.25, -0.2) is 4.39 Å². The van der Waals surface area contributed by atoms with E-state index < -0.39 is 0 Å². The van der Waals surface area contributed by atoms with Gasteiger partial charge in [-0.1, -0.05) is 0 Å². The van der Waals surface area contributed by atoms with Gasteiger partial charge in [0.15, 0.2) is 0 Å². The zero-order valence-corrected chi connectivity index (χ0v) is 11.7. The third-order valence-electron chi connectivity index (χ3n) is 3.11. The molecule has 0 radical (unpaired) electrons. The molecule has 0 aliphatic heterocycles. The van der Waals surface area contributed by atoms with E-state index in [9.17, 15) is 4.39 Å². The van der Waals surface area contributed by atoms with E-state index in [1.807, 2.05) is 12.1 Å². The quantitative estimate of drug-likeness (QED) is 0.911. The number of methoxy groups -OCH3 is 2. The lowest BCUT2D eigenvalue weighted by Crippen LogP contribution is -2.19. The molecular formula is C15H17FN2O2. The minimum atomic E-state index is -0.353. The minimum absolute atomic E-state index is 0.304. The molecule has 1 aromatic heterocycles. The summed E-state index contributed by atoms with van der Waals surface area (Å²) < 4.78 is 24.4. The van der Waals surface area contributed by atoms with Crippen molar-refractivity contribution < 1.29 is 13.9 Å². The molecule has 0 saturated heterocycles. The molecule has 0 bridgehead atoms. The monoisotopic (exact) mass is 276 g/mol. The summed E-state index contributed by atoms with van der Waals surface area (Å²) in [5.74, 6) is 0.969. The van der Waals surface area contributed by atoms with Crippen LogP contribution in [0.4, 0.5) is 4.39 Å². The summed E-state index contributed by atoms with van der Waals surface area (Å²) in [5.41, 5.74) is 1.38. The minimum Gasteiger partial charge on any atom is -0.497 e. The highest BCUT2D eigenvalue weighted by Gasteiger charge is 2.17. The predicted molar refractivity (Wildman–Crippen MR) is 74.6 cm³/mol. The molecule has 0 saturated carbocycles. The van der Waals surface area contributed by atoms with E-state index in [4.69, 9.17) is 9.47 Å². The van der Waals surface area contributed by atoms with Crippen molar-refractivity contribution in [2.45, 2.75) is 6.04 Å². The lowest BCUT2D eigenvalue weighted by Gasteiger charge is -2.19. The summed E-state index contributed by atoms with van der Waals surface area (Å²) in [5, 5.41) is 3.10. The summed E-state index contributed by atoms with van der Waals surface area (Å²) in [4.78, 5) is 3.77. The van der Waals surface area contributed by atoms with Crippen LogP contribution < -0.4 is 14.8 Å². The maximum atomic E-state index is 13.9. The molecule has 1 aromatic carbocycles. The van der Waals surface area contributed by atoms with E-state index in [0.29, 0.717) is 17.1 Å². The zero-order valence-electron chi connectivity index (χ0n) is 11.7. The van der Waals surface area contributed by atoms with Gasteiger partial charge in [-0.3, -0.25) is 4.98 Å². The molecule has 0 amide bonds. The first-order valence-electron chi connectivity index (χ1n) is 6.19. The van der Waals surface area contributed by atoms with Gasteiger partial charge in [0, 0.05) is 17.8 Å². The largest absolute Gasteiger partial charge is 0.497 e. The number of hydrogen-bond acceptors (Lipinski definition) is 4. The molecule has 20 heavy (non-hydrogen) atoms. The average molecular weight is 276 g/mol. The Morgan fingerprint density at radius 2 is 1.80 bits per heavy atom. The number of nitrogens with zero attached hydrogens (tertiary/aromatic N) is 1. The second-order valence-corrected chi connectivity index (χ2v) is 4.26. The van der Waals surface area contributed by atoms with Crippen LogP contribution in [0.25, 0.3) is 0 Å². The second-order valence-electron chi connectivity index (χ2n) is 4.26. The molecule has 0 aliphatic carbocycles. The number of halogens is 1. The standard InChI is InChI=1S/C15H17FN2O2/c1-17-15(13-4-5-18-9-14(13)16)10-6-11(19-2)8-12(7-10)20-3/h4-9,15,17H,1-3H3. The highest BCUT2D eigenvalue weighted by atomic mass is 19.1. The number of aromatic nitrogens is 1. The number of benzene rings is 1. The lowest BCUT2D eigenvalue weighted by atomic mass is 9.99. The number of hydrogen-bond donors (Lipinski definition) is 1. The molecule has 1 unspecified atom stereocenters. The molecule has 2 aromatic rings. The normalized spacial score (nSPS) is 12.0. The molecule has 0 spiro atoms. The van der Waals surface area contributed by atoms with Gasteiger partial charge in [0.2, 0.25) is 0 Å². The van der Waals surface area contributed by atoms with Gasteiger partial charge in [-0.15, -0.1) is 0 Å². The van der Waals surface area contributed by atoms with Crippen molar-refractivity contribution in [3.8, 4) is 11.5 Å². The summed E-state index contributed by atoms with van der Waals surface area (Å²) in [7, 11) is 4.94. The van der Waals surface area contributed by atoms with E-state index in [1.165, 1.54) is 6.20 Å². The molecule has 1 atom stereocenters. The van der Waals surface area contributed by atoms with E-state index >= 15 is 0 Å². The van der Waals surface area contributed by atoms with Crippen molar-refractivity contribution >= 4 is 0 Å².